The van der Waals surface area contributed by atoms with Gasteiger partial charge in [-0.3, -0.25) is 4.98 Å². The molecule has 0 bridgehead atoms. The standard InChI is InChI=1S/C22H40N2.HI/c1-3-5-7-8-9-10-11-12-13-14-16-18-22(17-15-6-4-2)24-20-19-23-21-24;/h4,19-22H,2-3,5-18H2,1H3;1H. The number of hydrogen-bond donors (Lipinski definition) is 1. The topological polar surface area (TPSA) is 19.7 Å². The van der Waals surface area contributed by atoms with Crippen LogP contribution in [-0.4, -0.2) is 4.98 Å². The van der Waals surface area contributed by atoms with Crippen LogP contribution in [0.2, 0.25) is 0 Å². The molecular formula is C22H41IN2. The van der Waals surface area contributed by atoms with Crippen molar-refractivity contribution < 1.29 is 28.5 Å². The monoisotopic (exact) mass is 460 g/mol. The van der Waals surface area contributed by atoms with Crippen molar-refractivity contribution in [2.45, 2.75) is 109 Å². The van der Waals surface area contributed by atoms with E-state index in [1.807, 2.05) is 12.3 Å². The maximum atomic E-state index is 3.84. The molecule has 1 aromatic rings. The Balaban J connectivity index is 0.00000576. The molecule has 0 aromatic carbocycles. The van der Waals surface area contributed by atoms with Crippen LogP contribution in [0.4, 0.5) is 0 Å². The highest BCUT2D eigenvalue weighted by Crippen LogP contribution is 2.18. The summed E-state index contributed by atoms with van der Waals surface area (Å²) in [6, 6.07) is 0.662. The lowest BCUT2D eigenvalue weighted by molar-refractivity contribution is -0.723. The van der Waals surface area contributed by atoms with Crippen molar-refractivity contribution in [3.05, 3.63) is 31.4 Å². The molecule has 0 radical (unpaired) electrons. The first kappa shape index (κ1) is 24.7. The number of allylic oxidation sites excluding steroid dienone is 1. The molecule has 1 aromatic heterocycles. The summed E-state index contributed by atoms with van der Waals surface area (Å²) in [6.45, 7) is 6.13. The number of unbranched alkanes of at least 4 members (excludes halogenated alkanes) is 11. The molecule has 0 amide bonds. The van der Waals surface area contributed by atoms with Crippen LogP contribution < -0.4 is 28.5 Å². The van der Waals surface area contributed by atoms with E-state index in [4.69, 9.17) is 0 Å². The number of halogens is 1. The molecule has 146 valence electrons. The number of H-pyrrole nitrogens is 1. The summed E-state index contributed by atoms with van der Waals surface area (Å²) < 4.78 is 2.36. The predicted octanol–water partition coefficient (Wildman–Crippen LogP) is 3.90. The lowest BCUT2D eigenvalue weighted by Crippen LogP contribution is -3.00. The maximum Gasteiger partial charge on any atom is 0.241 e. The molecule has 0 aliphatic heterocycles. The molecule has 1 rings (SSSR count). The Bertz CT molecular complexity index is 375. The van der Waals surface area contributed by atoms with Crippen molar-refractivity contribution in [2.24, 2.45) is 0 Å². The number of aromatic nitrogens is 2. The number of imidazole rings is 1. The van der Waals surface area contributed by atoms with Gasteiger partial charge in [0.25, 0.3) is 0 Å². The second kappa shape index (κ2) is 18.5. The smallest absolute Gasteiger partial charge is 0.241 e. The first-order valence-electron chi connectivity index (χ1n) is 10.5. The van der Waals surface area contributed by atoms with Crippen LogP contribution in [-0.2, 0) is 0 Å². The third kappa shape index (κ3) is 13.5. The van der Waals surface area contributed by atoms with Gasteiger partial charge in [0.15, 0.2) is 0 Å². The fourth-order valence-corrected chi connectivity index (χ4v) is 3.51. The summed E-state index contributed by atoms with van der Waals surface area (Å²) >= 11 is 0. The highest BCUT2D eigenvalue weighted by Gasteiger charge is 2.14. The number of rotatable bonds is 17. The van der Waals surface area contributed by atoms with Gasteiger partial charge in [-0.1, -0.05) is 77.2 Å². The molecule has 1 heterocycles. The van der Waals surface area contributed by atoms with Crippen molar-refractivity contribution in [2.75, 3.05) is 0 Å². The van der Waals surface area contributed by atoms with Gasteiger partial charge >= 0.3 is 0 Å². The van der Waals surface area contributed by atoms with E-state index in [1.165, 1.54) is 89.9 Å². The van der Waals surface area contributed by atoms with E-state index in [0.29, 0.717) is 6.04 Å². The van der Waals surface area contributed by atoms with Crippen LogP contribution in [0.15, 0.2) is 31.4 Å². The SMILES string of the molecule is C=CCCCC(CCCCCCCCCCCCC)[n+]1cc[nH]c1.[I-]. The average molecular weight is 460 g/mol. The minimum atomic E-state index is 0. The molecule has 1 atom stereocenters. The highest BCUT2D eigenvalue weighted by atomic mass is 127. The van der Waals surface area contributed by atoms with Gasteiger partial charge < -0.3 is 24.0 Å². The lowest BCUT2D eigenvalue weighted by Gasteiger charge is -2.13. The summed E-state index contributed by atoms with van der Waals surface area (Å²) in [5, 5.41) is 0. The van der Waals surface area contributed by atoms with E-state index in [9.17, 15) is 0 Å². The molecule has 2 nitrogen and oxygen atoms in total. The van der Waals surface area contributed by atoms with E-state index in [-0.39, 0.29) is 24.0 Å². The molecule has 1 unspecified atom stereocenters. The number of hydrogen-bond acceptors (Lipinski definition) is 0. The van der Waals surface area contributed by atoms with Gasteiger partial charge in [0.2, 0.25) is 6.33 Å². The quantitative estimate of drug-likeness (QED) is 0.158. The summed E-state index contributed by atoms with van der Waals surface area (Å²) in [5.74, 6) is 0. The Kier molecular flexibility index (Phi) is 18.2. The number of aromatic amines is 1. The van der Waals surface area contributed by atoms with E-state index < -0.39 is 0 Å². The van der Waals surface area contributed by atoms with Crippen LogP contribution >= 0.6 is 0 Å². The van der Waals surface area contributed by atoms with Crippen LogP contribution in [0.5, 0.6) is 0 Å². The fourth-order valence-electron chi connectivity index (χ4n) is 3.51. The summed E-state index contributed by atoms with van der Waals surface area (Å²) in [4.78, 5) is 3.19. The zero-order valence-corrected chi connectivity index (χ0v) is 18.7. The van der Waals surface area contributed by atoms with Gasteiger partial charge in [-0.15, -0.1) is 6.58 Å². The predicted molar refractivity (Wildman–Crippen MR) is 105 cm³/mol. The van der Waals surface area contributed by atoms with Crippen molar-refractivity contribution in [1.82, 2.24) is 4.98 Å². The minimum Gasteiger partial charge on any atom is -1.00 e. The molecule has 0 spiro atoms. The van der Waals surface area contributed by atoms with Gasteiger partial charge in [0.1, 0.15) is 18.4 Å². The Hall–Kier alpha value is -0.320. The first-order valence-corrected chi connectivity index (χ1v) is 10.5. The largest absolute Gasteiger partial charge is 1.00 e. The Morgan fingerprint density at radius 3 is 1.96 bits per heavy atom. The molecular weight excluding hydrogens is 419 g/mol. The van der Waals surface area contributed by atoms with E-state index >= 15 is 0 Å². The van der Waals surface area contributed by atoms with Crippen LogP contribution in [0.25, 0.3) is 0 Å². The second-order valence-electron chi connectivity index (χ2n) is 7.26. The van der Waals surface area contributed by atoms with E-state index in [1.54, 1.807) is 0 Å². The number of nitrogens with zero attached hydrogens (tertiary/aromatic N) is 1. The van der Waals surface area contributed by atoms with Crippen molar-refractivity contribution in [3.63, 3.8) is 0 Å². The van der Waals surface area contributed by atoms with Crippen LogP contribution in [0.3, 0.4) is 0 Å². The molecule has 25 heavy (non-hydrogen) atoms. The van der Waals surface area contributed by atoms with Gasteiger partial charge in [0.05, 0.1) is 0 Å². The summed E-state index contributed by atoms with van der Waals surface area (Å²) in [6.07, 6.45) is 29.0. The molecule has 0 saturated carbocycles. The van der Waals surface area contributed by atoms with Crippen molar-refractivity contribution in [1.29, 1.82) is 0 Å². The molecule has 0 saturated heterocycles. The first-order chi connectivity index (χ1) is 11.9. The van der Waals surface area contributed by atoms with Crippen molar-refractivity contribution in [3.8, 4) is 0 Å². The van der Waals surface area contributed by atoms with Gasteiger partial charge in [0, 0.05) is 0 Å². The van der Waals surface area contributed by atoms with Gasteiger partial charge in [-0.25, -0.2) is 4.57 Å². The third-order valence-electron chi connectivity index (χ3n) is 5.07. The molecule has 0 aliphatic carbocycles. The molecule has 1 N–H and O–H groups in total. The lowest BCUT2D eigenvalue weighted by atomic mass is 10.0. The van der Waals surface area contributed by atoms with Crippen molar-refractivity contribution >= 4 is 0 Å². The molecule has 3 heteroatoms. The second-order valence-corrected chi connectivity index (χ2v) is 7.26. The Morgan fingerprint density at radius 1 is 0.880 bits per heavy atom. The number of nitrogens with one attached hydrogen (secondary N) is 1. The minimum absolute atomic E-state index is 0. The zero-order valence-electron chi connectivity index (χ0n) is 16.5. The molecule has 0 fully saturated rings. The van der Waals surface area contributed by atoms with Crippen LogP contribution in [0, 0.1) is 0 Å². The highest BCUT2D eigenvalue weighted by molar-refractivity contribution is 4.67. The Labute approximate surface area is 173 Å². The third-order valence-corrected chi connectivity index (χ3v) is 5.07. The summed E-state index contributed by atoms with van der Waals surface area (Å²) in [7, 11) is 0. The average Bonchev–Trinajstić information content (AvgIpc) is 3.12. The fraction of sp³-hybridized carbons (Fsp3) is 0.773. The normalized spacial score (nSPS) is 11.9. The van der Waals surface area contributed by atoms with E-state index in [0.717, 1.165) is 6.42 Å². The van der Waals surface area contributed by atoms with Crippen LogP contribution in [0.1, 0.15) is 109 Å². The van der Waals surface area contributed by atoms with Gasteiger partial charge in [-0.2, -0.15) is 0 Å². The zero-order chi connectivity index (χ0) is 17.3. The van der Waals surface area contributed by atoms with E-state index in [2.05, 4.69) is 35.6 Å². The van der Waals surface area contributed by atoms with Gasteiger partial charge in [-0.05, 0) is 32.1 Å². The summed E-state index contributed by atoms with van der Waals surface area (Å²) in [5.41, 5.74) is 0. The molecule has 0 aliphatic rings. The maximum absolute atomic E-state index is 3.84. The Morgan fingerprint density at radius 2 is 1.44 bits per heavy atom.